The maximum absolute atomic E-state index is 10.1. The molecule has 0 unspecified atom stereocenters. The number of aliphatic hydroxyl groups excluding tert-OH is 1. The van der Waals surface area contributed by atoms with E-state index in [1.54, 1.807) is 0 Å². The minimum absolute atomic E-state index is 0.325. The van der Waals surface area contributed by atoms with Gasteiger partial charge in [0, 0.05) is 18.6 Å². The lowest BCUT2D eigenvalue weighted by Gasteiger charge is -2.40. The Labute approximate surface area is 112 Å². The van der Waals surface area contributed by atoms with Gasteiger partial charge in [0.1, 0.15) is 0 Å². The van der Waals surface area contributed by atoms with Gasteiger partial charge in [0.15, 0.2) is 0 Å². The molecule has 3 heteroatoms. The fourth-order valence-electron chi connectivity index (χ4n) is 3.43. The Kier molecular flexibility index (Phi) is 5.46. The van der Waals surface area contributed by atoms with Crippen LogP contribution in [0.2, 0.25) is 0 Å². The fourth-order valence-corrected chi connectivity index (χ4v) is 3.43. The summed E-state index contributed by atoms with van der Waals surface area (Å²) in [7, 11) is 0. The van der Waals surface area contributed by atoms with Crippen molar-refractivity contribution in [3.05, 3.63) is 0 Å². The van der Waals surface area contributed by atoms with Crippen molar-refractivity contribution in [1.82, 2.24) is 4.90 Å². The molecule has 2 aliphatic rings. The Morgan fingerprint density at radius 1 is 1.06 bits per heavy atom. The van der Waals surface area contributed by atoms with Gasteiger partial charge in [-0.05, 0) is 39.5 Å². The van der Waals surface area contributed by atoms with Gasteiger partial charge in [0.05, 0.1) is 18.8 Å². The van der Waals surface area contributed by atoms with E-state index in [0.717, 1.165) is 6.54 Å². The van der Waals surface area contributed by atoms with Crippen LogP contribution in [0, 0.1) is 0 Å². The summed E-state index contributed by atoms with van der Waals surface area (Å²) in [4.78, 5) is 2.45. The third kappa shape index (κ3) is 3.94. The van der Waals surface area contributed by atoms with Gasteiger partial charge in [-0.15, -0.1) is 0 Å². The lowest BCUT2D eigenvalue weighted by molar-refractivity contribution is -0.0335. The smallest absolute Gasteiger partial charge is 0.0900 e. The van der Waals surface area contributed by atoms with Crippen molar-refractivity contribution in [2.24, 2.45) is 0 Å². The molecule has 106 valence electrons. The van der Waals surface area contributed by atoms with Crippen molar-refractivity contribution >= 4 is 0 Å². The molecule has 0 bridgehead atoms. The summed E-state index contributed by atoms with van der Waals surface area (Å²) in [6.07, 6.45) is 8.90. The Morgan fingerprint density at radius 3 is 2.28 bits per heavy atom. The van der Waals surface area contributed by atoms with Gasteiger partial charge in [-0.3, -0.25) is 4.90 Å². The average Bonchev–Trinajstić information content (AvgIpc) is 2.84. The Morgan fingerprint density at radius 2 is 1.67 bits per heavy atom. The summed E-state index contributed by atoms with van der Waals surface area (Å²) in [5.41, 5.74) is 0. The molecular weight excluding hydrogens is 226 g/mol. The lowest BCUT2D eigenvalue weighted by Crippen LogP contribution is -2.48. The van der Waals surface area contributed by atoms with Crippen LogP contribution in [0.5, 0.6) is 0 Å². The van der Waals surface area contributed by atoms with E-state index >= 15 is 0 Å². The molecule has 1 N–H and O–H groups in total. The first kappa shape index (κ1) is 14.3. The first-order valence-electron chi connectivity index (χ1n) is 7.72. The number of hydrogen-bond donors (Lipinski definition) is 1. The second-order valence-electron chi connectivity index (χ2n) is 6.22. The fraction of sp³-hybridized carbons (Fsp3) is 1.00. The van der Waals surface area contributed by atoms with Crippen LogP contribution in [0.1, 0.15) is 58.8 Å². The summed E-state index contributed by atoms with van der Waals surface area (Å²) in [6.45, 7) is 5.84. The zero-order valence-electron chi connectivity index (χ0n) is 12.0. The van der Waals surface area contributed by atoms with Crippen LogP contribution in [-0.4, -0.2) is 47.4 Å². The highest BCUT2D eigenvalue weighted by Gasteiger charge is 2.27. The molecule has 0 aromatic carbocycles. The van der Waals surface area contributed by atoms with Crippen LogP contribution in [0.15, 0.2) is 0 Å². The summed E-state index contributed by atoms with van der Waals surface area (Å²) in [5, 5.41) is 10.1. The minimum Gasteiger partial charge on any atom is -0.389 e. The molecule has 0 aromatic heterocycles. The predicted molar refractivity (Wildman–Crippen MR) is 73.7 cm³/mol. The maximum Gasteiger partial charge on any atom is 0.0900 e. The van der Waals surface area contributed by atoms with Crippen molar-refractivity contribution in [2.45, 2.75) is 83.1 Å². The van der Waals surface area contributed by atoms with Crippen molar-refractivity contribution in [1.29, 1.82) is 0 Å². The second-order valence-corrected chi connectivity index (χ2v) is 6.22. The Hall–Kier alpha value is -0.120. The Bertz CT molecular complexity index is 231. The van der Waals surface area contributed by atoms with Gasteiger partial charge in [-0.25, -0.2) is 0 Å². The standard InChI is InChI=1S/C15H29NO2/c1-12-6-5-7-13(2)16(12)10-14(17)11-18-15-8-3-4-9-15/h12-15,17H,3-11H2,1-2H3/t12-,13-,14+/m1/s1. The molecule has 1 saturated heterocycles. The third-order valence-corrected chi connectivity index (χ3v) is 4.62. The summed E-state index contributed by atoms with van der Waals surface area (Å²) < 4.78 is 5.80. The third-order valence-electron chi connectivity index (χ3n) is 4.62. The molecule has 0 amide bonds. The average molecular weight is 255 g/mol. The molecule has 1 heterocycles. The number of ether oxygens (including phenoxy) is 1. The quantitative estimate of drug-likeness (QED) is 0.819. The SMILES string of the molecule is C[C@@H]1CCC[C@@H](C)N1C[C@H](O)COC1CCCC1. The molecule has 2 rings (SSSR count). The zero-order chi connectivity index (χ0) is 13.0. The number of hydrogen-bond acceptors (Lipinski definition) is 3. The van der Waals surface area contributed by atoms with Crippen molar-refractivity contribution in [2.75, 3.05) is 13.2 Å². The monoisotopic (exact) mass is 255 g/mol. The number of β-amino-alcohol motifs (C(OH)–C–C–N with tert-alkyl or cyclic N) is 1. The van der Waals surface area contributed by atoms with Crippen LogP contribution in [-0.2, 0) is 4.74 Å². The molecule has 0 radical (unpaired) electrons. The van der Waals surface area contributed by atoms with Gasteiger partial charge >= 0.3 is 0 Å². The van der Waals surface area contributed by atoms with Crippen molar-refractivity contribution in [3.8, 4) is 0 Å². The normalized spacial score (nSPS) is 32.8. The summed E-state index contributed by atoms with van der Waals surface area (Å²) in [6, 6.07) is 1.21. The molecule has 0 aromatic rings. The maximum atomic E-state index is 10.1. The minimum atomic E-state index is -0.325. The van der Waals surface area contributed by atoms with E-state index in [1.807, 2.05) is 0 Å². The number of piperidine rings is 1. The largest absolute Gasteiger partial charge is 0.389 e. The van der Waals surface area contributed by atoms with Gasteiger partial charge in [-0.2, -0.15) is 0 Å². The first-order valence-corrected chi connectivity index (χ1v) is 7.72. The molecule has 18 heavy (non-hydrogen) atoms. The van der Waals surface area contributed by atoms with Crippen molar-refractivity contribution in [3.63, 3.8) is 0 Å². The number of rotatable bonds is 5. The number of aliphatic hydroxyl groups is 1. The molecule has 3 nitrogen and oxygen atoms in total. The van der Waals surface area contributed by atoms with Gasteiger partial charge in [0.25, 0.3) is 0 Å². The zero-order valence-corrected chi connectivity index (χ0v) is 12.0. The van der Waals surface area contributed by atoms with E-state index in [2.05, 4.69) is 18.7 Å². The van der Waals surface area contributed by atoms with Crippen LogP contribution < -0.4 is 0 Å². The highest BCUT2D eigenvalue weighted by Crippen LogP contribution is 2.23. The van der Waals surface area contributed by atoms with E-state index in [0.29, 0.717) is 24.8 Å². The van der Waals surface area contributed by atoms with E-state index in [1.165, 1.54) is 44.9 Å². The molecule has 1 saturated carbocycles. The topological polar surface area (TPSA) is 32.7 Å². The van der Waals surface area contributed by atoms with E-state index in [9.17, 15) is 5.11 Å². The second kappa shape index (κ2) is 6.88. The van der Waals surface area contributed by atoms with Crippen LogP contribution in [0.25, 0.3) is 0 Å². The Balaban J connectivity index is 1.70. The molecule has 1 aliphatic heterocycles. The van der Waals surface area contributed by atoms with Gasteiger partial charge in [0.2, 0.25) is 0 Å². The highest BCUT2D eigenvalue weighted by atomic mass is 16.5. The molecular formula is C15H29NO2. The molecule has 1 aliphatic carbocycles. The van der Waals surface area contributed by atoms with Gasteiger partial charge < -0.3 is 9.84 Å². The summed E-state index contributed by atoms with van der Waals surface area (Å²) in [5.74, 6) is 0. The number of likely N-dealkylation sites (tertiary alicyclic amines) is 1. The lowest BCUT2D eigenvalue weighted by atomic mass is 9.97. The van der Waals surface area contributed by atoms with E-state index in [-0.39, 0.29) is 6.10 Å². The van der Waals surface area contributed by atoms with Crippen LogP contribution in [0.4, 0.5) is 0 Å². The molecule has 0 spiro atoms. The van der Waals surface area contributed by atoms with Crippen LogP contribution in [0.3, 0.4) is 0 Å². The van der Waals surface area contributed by atoms with E-state index < -0.39 is 0 Å². The van der Waals surface area contributed by atoms with Gasteiger partial charge in [-0.1, -0.05) is 19.3 Å². The van der Waals surface area contributed by atoms with Crippen molar-refractivity contribution < 1.29 is 9.84 Å². The van der Waals surface area contributed by atoms with Crippen LogP contribution >= 0.6 is 0 Å². The summed E-state index contributed by atoms with van der Waals surface area (Å²) >= 11 is 0. The first-order chi connectivity index (χ1) is 8.66. The highest BCUT2D eigenvalue weighted by molar-refractivity contribution is 4.81. The van der Waals surface area contributed by atoms with E-state index in [4.69, 9.17) is 4.74 Å². The number of nitrogens with zero attached hydrogens (tertiary/aromatic N) is 1. The predicted octanol–water partition coefficient (Wildman–Crippen LogP) is 2.57. The molecule has 3 atom stereocenters. The molecule has 2 fully saturated rings.